The van der Waals surface area contributed by atoms with Crippen LogP contribution in [0.2, 0.25) is 0 Å². The van der Waals surface area contributed by atoms with Crippen LogP contribution in [0.15, 0.2) is 78.9 Å². The SMILES string of the molecule is CCCCCCCCCOP(OCCCCCCCCC)(Oc1ccccc1)(c1ccccc1CCCCCCCCC)c1ccccc1CCCCCCCCC. The Balaban J connectivity index is 2.15. The van der Waals surface area contributed by atoms with Gasteiger partial charge in [-0.2, -0.15) is 0 Å². The maximum absolute atomic E-state index is 7.79. The van der Waals surface area contributed by atoms with Crippen LogP contribution in [0.1, 0.15) is 219 Å². The first-order valence-electron chi connectivity index (χ1n) is 24.9. The third kappa shape index (κ3) is 17.8. The monoisotopic (exact) mass is 817 g/mol. The third-order valence-corrected chi connectivity index (χ3v) is 16.5. The number of unbranched alkanes of at least 4 members (excludes halogenated alkanes) is 24. The summed E-state index contributed by atoms with van der Waals surface area (Å²) in [5.74, 6) is 0.829. The van der Waals surface area contributed by atoms with Crippen molar-refractivity contribution in [3.05, 3.63) is 90.0 Å². The van der Waals surface area contributed by atoms with E-state index in [9.17, 15) is 0 Å². The average molecular weight is 817 g/mol. The first-order valence-corrected chi connectivity index (χ1v) is 26.9. The zero-order valence-corrected chi connectivity index (χ0v) is 39.2. The maximum atomic E-state index is 7.79. The molecule has 0 spiro atoms. The van der Waals surface area contributed by atoms with Crippen LogP contribution in [0.5, 0.6) is 5.75 Å². The van der Waals surface area contributed by atoms with E-state index >= 15 is 0 Å². The molecule has 0 bridgehead atoms. The van der Waals surface area contributed by atoms with E-state index < -0.39 is 7.28 Å². The van der Waals surface area contributed by atoms with E-state index in [2.05, 4.69) is 107 Å². The van der Waals surface area contributed by atoms with Gasteiger partial charge < -0.3 is 0 Å². The van der Waals surface area contributed by atoms with E-state index in [4.69, 9.17) is 13.6 Å². The topological polar surface area (TPSA) is 27.7 Å². The molecule has 0 saturated carbocycles. The molecular weight excluding hydrogens is 728 g/mol. The zero-order chi connectivity index (χ0) is 41.3. The van der Waals surface area contributed by atoms with E-state index in [0.717, 1.165) is 54.9 Å². The van der Waals surface area contributed by atoms with Gasteiger partial charge in [0, 0.05) is 0 Å². The molecule has 0 N–H and O–H groups in total. The summed E-state index contributed by atoms with van der Waals surface area (Å²) in [5, 5.41) is 2.31. The van der Waals surface area contributed by atoms with Crippen molar-refractivity contribution in [2.45, 2.75) is 220 Å². The summed E-state index contributed by atoms with van der Waals surface area (Å²) < 4.78 is 23.4. The summed E-state index contributed by atoms with van der Waals surface area (Å²) >= 11 is 0. The first kappa shape index (κ1) is 50.2. The van der Waals surface area contributed by atoms with Crippen molar-refractivity contribution in [1.82, 2.24) is 0 Å². The molecule has 58 heavy (non-hydrogen) atoms. The molecule has 0 fully saturated rings. The van der Waals surface area contributed by atoms with E-state index in [1.54, 1.807) is 0 Å². The Labute approximate surface area is 359 Å². The van der Waals surface area contributed by atoms with Crippen LogP contribution < -0.4 is 15.1 Å². The van der Waals surface area contributed by atoms with Gasteiger partial charge in [0.05, 0.1) is 0 Å². The number of benzene rings is 3. The Morgan fingerprint density at radius 2 is 0.638 bits per heavy atom. The molecule has 3 aromatic carbocycles. The molecule has 0 aliphatic carbocycles. The number of hydrogen-bond acceptors (Lipinski definition) is 3. The Hall–Kier alpha value is -2.19. The summed E-state index contributed by atoms with van der Waals surface area (Å²) in [6.45, 7) is 10.4. The molecule has 0 unspecified atom stereocenters. The molecule has 0 amide bonds. The van der Waals surface area contributed by atoms with Gasteiger partial charge in [-0.05, 0) is 0 Å². The number of rotatable bonds is 38. The predicted molar refractivity (Wildman–Crippen MR) is 257 cm³/mol. The van der Waals surface area contributed by atoms with Crippen molar-refractivity contribution in [3.63, 3.8) is 0 Å². The van der Waals surface area contributed by atoms with Crippen molar-refractivity contribution >= 4 is 17.9 Å². The molecule has 0 saturated heterocycles. The molecule has 328 valence electrons. The van der Waals surface area contributed by atoms with Gasteiger partial charge in [-0.1, -0.05) is 0 Å². The molecule has 3 aromatic rings. The van der Waals surface area contributed by atoms with Gasteiger partial charge in [0.25, 0.3) is 0 Å². The molecule has 3 rings (SSSR count). The van der Waals surface area contributed by atoms with Gasteiger partial charge in [0.1, 0.15) is 0 Å². The summed E-state index contributed by atoms with van der Waals surface area (Å²) in [4.78, 5) is 0. The van der Waals surface area contributed by atoms with Crippen LogP contribution in [0.3, 0.4) is 0 Å². The molecule has 4 heteroatoms. The second-order valence-corrected chi connectivity index (χ2v) is 20.6. The number of hydrogen-bond donors (Lipinski definition) is 0. The minimum absolute atomic E-state index is 0.618. The van der Waals surface area contributed by atoms with Crippen LogP contribution in [0.4, 0.5) is 0 Å². The first-order chi connectivity index (χ1) is 28.6. The van der Waals surface area contributed by atoms with Gasteiger partial charge in [0.15, 0.2) is 0 Å². The molecule has 3 nitrogen and oxygen atoms in total. The van der Waals surface area contributed by atoms with Gasteiger partial charge in [-0.25, -0.2) is 0 Å². The van der Waals surface area contributed by atoms with Gasteiger partial charge in [-0.15, -0.1) is 0 Å². The number of para-hydroxylation sites is 1. The van der Waals surface area contributed by atoms with Crippen molar-refractivity contribution in [3.8, 4) is 5.75 Å². The zero-order valence-electron chi connectivity index (χ0n) is 38.3. The summed E-state index contributed by atoms with van der Waals surface area (Å²) in [5.41, 5.74) is 2.66. The fraction of sp³-hybridized carbons (Fsp3) is 0.667. The molecular formula is C54H89O3P. The third-order valence-electron chi connectivity index (χ3n) is 12.1. The normalized spacial score (nSPS) is 12.4. The van der Waals surface area contributed by atoms with Gasteiger partial charge in [0.2, 0.25) is 0 Å². The van der Waals surface area contributed by atoms with E-state index in [0.29, 0.717) is 13.2 Å². The van der Waals surface area contributed by atoms with Gasteiger partial charge >= 0.3 is 361 Å². The Morgan fingerprint density at radius 1 is 0.328 bits per heavy atom. The molecule has 0 aliphatic heterocycles. The molecule has 0 atom stereocenters. The summed E-state index contributed by atoms with van der Waals surface area (Å²) in [6, 6.07) is 28.8. The Bertz CT molecular complexity index is 1320. The van der Waals surface area contributed by atoms with Crippen molar-refractivity contribution in [1.29, 1.82) is 0 Å². The van der Waals surface area contributed by atoms with Crippen LogP contribution >= 0.6 is 7.28 Å². The Morgan fingerprint density at radius 3 is 1.02 bits per heavy atom. The molecule has 0 aromatic heterocycles. The quantitative estimate of drug-likeness (QED) is 0.0426. The Kier molecular flexibility index (Phi) is 27.4. The van der Waals surface area contributed by atoms with Crippen LogP contribution in [0, 0.1) is 0 Å². The van der Waals surface area contributed by atoms with Crippen LogP contribution in [-0.2, 0) is 21.9 Å². The van der Waals surface area contributed by atoms with Crippen molar-refractivity contribution in [2.75, 3.05) is 13.2 Å². The molecule has 0 radical (unpaired) electrons. The fourth-order valence-electron chi connectivity index (χ4n) is 8.59. The summed E-state index contributed by atoms with van der Waals surface area (Å²) in [6.07, 6.45) is 37.4. The molecule has 0 heterocycles. The standard InChI is InChI=1S/C54H89O3P/c1-5-9-13-17-21-25-30-40-50-42-34-36-46-53(50)58(57-52-44-32-29-33-45-52,55-48-38-27-23-19-15-11-7-3,56-49-39-28-24-20-16-12-8-4)54-47-37-35-43-51(54)41-31-26-22-18-14-10-6-2/h29,32-37,42-47H,5-28,30-31,38-41,48-49H2,1-4H3. The predicted octanol–water partition coefficient (Wildman–Crippen LogP) is 17.1. The van der Waals surface area contributed by atoms with Crippen LogP contribution in [-0.4, -0.2) is 13.2 Å². The second kappa shape index (κ2) is 31.7. The second-order valence-electron chi connectivity index (χ2n) is 17.2. The minimum atomic E-state index is -4.30. The molecule has 0 aliphatic rings. The van der Waals surface area contributed by atoms with Gasteiger partial charge in [-0.3, -0.25) is 0 Å². The fourth-order valence-corrected chi connectivity index (χ4v) is 13.3. The van der Waals surface area contributed by atoms with E-state index in [-0.39, 0.29) is 0 Å². The van der Waals surface area contributed by atoms with Crippen molar-refractivity contribution in [2.24, 2.45) is 0 Å². The summed E-state index contributed by atoms with van der Waals surface area (Å²) in [7, 11) is -4.30. The average Bonchev–Trinajstić information content (AvgIpc) is 3.25. The number of aryl methyl sites for hydroxylation is 2. The van der Waals surface area contributed by atoms with E-state index in [1.807, 2.05) is 0 Å². The van der Waals surface area contributed by atoms with Crippen LogP contribution in [0.25, 0.3) is 0 Å². The van der Waals surface area contributed by atoms with Crippen molar-refractivity contribution < 1.29 is 13.6 Å². The van der Waals surface area contributed by atoms with E-state index in [1.165, 1.54) is 165 Å².